The number of carbonyl (C=O) groups is 1. The Balaban J connectivity index is 1.71. The van der Waals surface area contributed by atoms with Crippen molar-refractivity contribution in [1.29, 1.82) is 5.26 Å². The lowest BCUT2D eigenvalue weighted by Gasteiger charge is -2.37. The number of benzene rings is 1. The van der Waals surface area contributed by atoms with E-state index >= 15 is 0 Å². The molecule has 0 aromatic heterocycles. The van der Waals surface area contributed by atoms with Gasteiger partial charge >= 0.3 is 6.09 Å². The van der Waals surface area contributed by atoms with Crippen LogP contribution in [0.1, 0.15) is 39.2 Å². The highest BCUT2D eigenvalue weighted by molar-refractivity contribution is 5.68. The first-order valence-corrected chi connectivity index (χ1v) is 7.57. The monoisotopic (exact) mass is 301 g/mol. The Labute approximate surface area is 131 Å². The molecule has 118 valence electrons. The summed E-state index contributed by atoms with van der Waals surface area (Å²) in [5.74, 6) is 0. The van der Waals surface area contributed by atoms with Crippen LogP contribution >= 0.6 is 0 Å². The van der Waals surface area contributed by atoms with Crippen LogP contribution in [0.25, 0.3) is 0 Å². The summed E-state index contributed by atoms with van der Waals surface area (Å²) >= 11 is 0. The summed E-state index contributed by atoms with van der Waals surface area (Å²) in [7, 11) is 0. The van der Waals surface area contributed by atoms with E-state index in [1.165, 1.54) is 0 Å². The van der Waals surface area contributed by atoms with Crippen molar-refractivity contribution in [2.24, 2.45) is 0 Å². The summed E-state index contributed by atoms with van der Waals surface area (Å²) in [6.07, 6.45) is 1.86. The number of carbonyl (C=O) groups excluding carboxylic acids is 1. The molecule has 0 saturated heterocycles. The van der Waals surface area contributed by atoms with E-state index in [2.05, 4.69) is 16.7 Å². The van der Waals surface area contributed by atoms with Crippen molar-refractivity contribution in [2.45, 2.75) is 57.7 Å². The minimum atomic E-state index is -0.462. The number of nitrogens with zero attached hydrogens (tertiary/aromatic N) is 1. The highest BCUT2D eigenvalue weighted by atomic mass is 16.6. The normalized spacial score (nSPS) is 20.5. The molecule has 1 saturated carbocycles. The van der Waals surface area contributed by atoms with E-state index in [4.69, 9.17) is 10.00 Å². The number of amides is 1. The zero-order valence-corrected chi connectivity index (χ0v) is 13.3. The number of ether oxygens (including phenoxy) is 1. The Morgan fingerprint density at radius 1 is 1.27 bits per heavy atom. The maximum absolute atomic E-state index is 11.6. The van der Waals surface area contributed by atoms with Gasteiger partial charge in [-0.25, -0.2) is 4.79 Å². The third-order valence-corrected chi connectivity index (χ3v) is 3.47. The molecule has 1 aliphatic carbocycles. The highest BCUT2D eigenvalue weighted by Gasteiger charge is 2.31. The summed E-state index contributed by atoms with van der Waals surface area (Å²) < 4.78 is 5.24. The van der Waals surface area contributed by atoms with Crippen LogP contribution in [0.4, 0.5) is 10.5 Å². The molecule has 2 N–H and O–H groups in total. The molecule has 1 aromatic rings. The van der Waals surface area contributed by atoms with Crippen molar-refractivity contribution in [3.8, 4) is 6.07 Å². The molecule has 0 radical (unpaired) electrons. The molecule has 2 rings (SSSR count). The van der Waals surface area contributed by atoms with Crippen LogP contribution in [0.5, 0.6) is 0 Å². The molecule has 0 heterocycles. The maximum Gasteiger partial charge on any atom is 0.407 e. The first-order chi connectivity index (χ1) is 10.4. The van der Waals surface area contributed by atoms with Crippen molar-refractivity contribution < 1.29 is 9.53 Å². The number of rotatable bonds is 4. The van der Waals surface area contributed by atoms with E-state index in [0.717, 1.165) is 24.1 Å². The van der Waals surface area contributed by atoms with Gasteiger partial charge in [0.1, 0.15) is 5.60 Å². The summed E-state index contributed by atoms with van der Waals surface area (Å²) in [6, 6.07) is 10.6. The fraction of sp³-hybridized carbons (Fsp3) is 0.529. The summed E-state index contributed by atoms with van der Waals surface area (Å²) in [6.45, 7) is 5.56. The van der Waals surface area contributed by atoms with E-state index in [9.17, 15) is 4.79 Å². The second-order valence-corrected chi connectivity index (χ2v) is 6.69. The molecule has 1 aliphatic rings. The van der Waals surface area contributed by atoms with Crippen molar-refractivity contribution in [1.82, 2.24) is 5.32 Å². The van der Waals surface area contributed by atoms with Gasteiger partial charge in [0.15, 0.2) is 0 Å². The van der Waals surface area contributed by atoms with Crippen molar-refractivity contribution in [2.75, 3.05) is 5.32 Å². The molecule has 1 fully saturated rings. The Kier molecular flexibility index (Phi) is 4.92. The summed E-state index contributed by atoms with van der Waals surface area (Å²) in [5.41, 5.74) is 1.60. The first kappa shape index (κ1) is 16.2. The van der Waals surface area contributed by atoms with Gasteiger partial charge in [0, 0.05) is 17.8 Å². The average Bonchev–Trinajstić information content (AvgIpc) is 2.36. The molecule has 0 spiro atoms. The van der Waals surface area contributed by atoms with E-state index in [1.54, 1.807) is 0 Å². The molecule has 0 aliphatic heterocycles. The lowest BCUT2D eigenvalue weighted by molar-refractivity contribution is 0.0475. The maximum atomic E-state index is 11.6. The summed E-state index contributed by atoms with van der Waals surface area (Å²) in [4.78, 5) is 11.6. The van der Waals surface area contributed by atoms with Crippen LogP contribution in [-0.4, -0.2) is 23.8 Å². The van der Waals surface area contributed by atoms with E-state index in [1.807, 2.05) is 45.0 Å². The van der Waals surface area contributed by atoms with E-state index in [0.29, 0.717) is 12.5 Å². The fourth-order valence-electron chi connectivity index (χ4n) is 2.37. The van der Waals surface area contributed by atoms with Crippen molar-refractivity contribution >= 4 is 11.8 Å². The molecule has 1 amide bonds. The van der Waals surface area contributed by atoms with Gasteiger partial charge < -0.3 is 15.4 Å². The number of alkyl carbamates (subject to hydrolysis) is 1. The quantitative estimate of drug-likeness (QED) is 0.895. The second-order valence-electron chi connectivity index (χ2n) is 6.69. The van der Waals surface area contributed by atoms with Gasteiger partial charge in [0.2, 0.25) is 0 Å². The van der Waals surface area contributed by atoms with Gasteiger partial charge in [-0.3, -0.25) is 0 Å². The Morgan fingerprint density at radius 2 is 1.91 bits per heavy atom. The van der Waals surface area contributed by atoms with E-state index < -0.39 is 5.60 Å². The predicted octanol–water partition coefficient (Wildman–Crippen LogP) is 3.22. The van der Waals surface area contributed by atoms with Gasteiger partial charge in [0.25, 0.3) is 0 Å². The molecule has 1 aromatic carbocycles. The topological polar surface area (TPSA) is 74.2 Å². The number of hydrogen-bond acceptors (Lipinski definition) is 4. The number of nitriles is 1. The third-order valence-electron chi connectivity index (χ3n) is 3.47. The average molecular weight is 301 g/mol. The molecule has 0 bridgehead atoms. The zero-order chi connectivity index (χ0) is 16.2. The Morgan fingerprint density at radius 3 is 2.45 bits per heavy atom. The molecule has 0 unspecified atom stereocenters. The van der Waals surface area contributed by atoms with Gasteiger partial charge in [0.05, 0.1) is 12.5 Å². The van der Waals surface area contributed by atoms with Crippen LogP contribution in [-0.2, 0) is 11.2 Å². The number of nitrogens with one attached hydrogen (secondary N) is 2. The minimum absolute atomic E-state index is 0.171. The zero-order valence-electron chi connectivity index (χ0n) is 13.3. The van der Waals surface area contributed by atoms with Crippen molar-refractivity contribution in [3.05, 3.63) is 29.8 Å². The first-order valence-electron chi connectivity index (χ1n) is 7.57. The molecule has 5 heteroatoms. The van der Waals surface area contributed by atoms with Crippen LogP contribution in [0.2, 0.25) is 0 Å². The molecule has 0 atom stereocenters. The van der Waals surface area contributed by atoms with Gasteiger partial charge in [-0.15, -0.1) is 0 Å². The fourth-order valence-corrected chi connectivity index (χ4v) is 2.37. The van der Waals surface area contributed by atoms with Crippen LogP contribution in [0.3, 0.4) is 0 Å². The van der Waals surface area contributed by atoms with E-state index in [-0.39, 0.29) is 12.1 Å². The molecule has 22 heavy (non-hydrogen) atoms. The minimum Gasteiger partial charge on any atom is -0.444 e. The van der Waals surface area contributed by atoms with Gasteiger partial charge in [-0.05, 0) is 51.3 Å². The largest absolute Gasteiger partial charge is 0.444 e. The standard InChI is InChI=1S/C17H23N3O2/c1-17(2,3)22-16(21)20-15-10-14(11-15)19-13-6-4-12(5-7-13)8-9-18/h4-7,14-15,19H,8,10-11H2,1-3H3,(H,20,21). The Bertz CT molecular complexity index is 549. The third kappa shape index (κ3) is 4.96. The Hall–Kier alpha value is -2.22. The highest BCUT2D eigenvalue weighted by Crippen LogP contribution is 2.25. The lowest BCUT2D eigenvalue weighted by Crippen LogP contribution is -2.50. The predicted molar refractivity (Wildman–Crippen MR) is 85.6 cm³/mol. The summed E-state index contributed by atoms with van der Waals surface area (Å²) in [5, 5.41) is 14.9. The number of anilines is 1. The molecular weight excluding hydrogens is 278 g/mol. The lowest BCUT2D eigenvalue weighted by atomic mass is 9.86. The van der Waals surface area contributed by atoms with Gasteiger partial charge in [-0.1, -0.05) is 12.1 Å². The number of hydrogen-bond donors (Lipinski definition) is 2. The molecule has 5 nitrogen and oxygen atoms in total. The smallest absolute Gasteiger partial charge is 0.407 e. The van der Waals surface area contributed by atoms with Crippen molar-refractivity contribution in [3.63, 3.8) is 0 Å². The molecular formula is C17H23N3O2. The van der Waals surface area contributed by atoms with Gasteiger partial charge in [-0.2, -0.15) is 5.26 Å². The second kappa shape index (κ2) is 6.69. The van der Waals surface area contributed by atoms with Crippen LogP contribution < -0.4 is 10.6 Å². The SMILES string of the molecule is CC(C)(C)OC(=O)NC1CC(Nc2ccc(CC#N)cc2)C1. The van der Waals surface area contributed by atoms with Crippen LogP contribution in [0, 0.1) is 11.3 Å². The van der Waals surface area contributed by atoms with Crippen LogP contribution in [0.15, 0.2) is 24.3 Å².